The highest BCUT2D eigenvalue weighted by molar-refractivity contribution is 7.91. The molecule has 37 heavy (non-hydrogen) atoms. The zero-order valence-corrected chi connectivity index (χ0v) is 21.7. The van der Waals surface area contributed by atoms with Gasteiger partial charge in [0.05, 0.1) is 23.2 Å². The van der Waals surface area contributed by atoms with Crippen LogP contribution in [0.3, 0.4) is 0 Å². The average molecular weight is 567 g/mol. The van der Waals surface area contributed by atoms with Gasteiger partial charge in [0.15, 0.2) is 20.5 Å². The second-order valence-electron chi connectivity index (χ2n) is 9.42. The fourth-order valence-corrected chi connectivity index (χ4v) is 5.56. The summed E-state index contributed by atoms with van der Waals surface area (Å²) in [5.41, 5.74) is -5.16. The molecule has 0 amide bonds. The fourth-order valence-electron chi connectivity index (χ4n) is 4.24. The number of aromatic amines is 1. The molecule has 2 aromatic heterocycles. The van der Waals surface area contributed by atoms with Gasteiger partial charge in [0, 0.05) is 17.5 Å². The summed E-state index contributed by atoms with van der Waals surface area (Å²) >= 11 is 0. The summed E-state index contributed by atoms with van der Waals surface area (Å²) in [5.74, 6) is -1.09. The molecule has 1 aromatic carbocycles. The summed E-state index contributed by atoms with van der Waals surface area (Å²) in [6, 6.07) is 5.28. The summed E-state index contributed by atoms with van der Waals surface area (Å²) in [4.78, 5) is 25.1. The molecule has 15 heteroatoms. The lowest BCUT2D eigenvalue weighted by molar-refractivity contribution is -0.266. The molecule has 1 atom stereocenters. The first-order valence-corrected chi connectivity index (χ1v) is 14.2. The van der Waals surface area contributed by atoms with Crippen LogP contribution in [-0.2, 0) is 26.2 Å². The Hall–Kier alpha value is -2.51. The first kappa shape index (κ1) is 29.1. The highest BCUT2D eigenvalue weighted by atomic mass is 32.2. The van der Waals surface area contributed by atoms with E-state index in [9.17, 15) is 45.4 Å². The fraction of sp³-hybridized carbons (Fsp3) is 0.409. The minimum Gasteiger partial charge on any atom is -0.380 e. The lowest BCUT2D eigenvalue weighted by Crippen LogP contribution is -2.51. The molecule has 0 aliphatic rings. The van der Waals surface area contributed by atoms with Crippen LogP contribution >= 0.6 is 7.75 Å². The number of fused-ring (bicyclic) bond motifs is 1. The maximum atomic E-state index is 14.2. The monoisotopic (exact) mass is 567 g/mol. The van der Waals surface area contributed by atoms with Crippen LogP contribution < -0.4 is 5.09 Å². The van der Waals surface area contributed by atoms with E-state index in [1.165, 1.54) is 39.1 Å². The first-order valence-electron chi connectivity index (χ1n) is 10.9. The Kier molecular flexibility index (Phi) is 7.59. The van der Waals surface area contributed by atoms with Crippen LogP contribution in [0.1, 0.15) is 38.4 Å². The number of pyridine rings is 1. The number of aromatic nitrogens is 2. The SMILES string of the molecule is CCS(=O)(=O)c1cc2cc(CC(O)(CC(C)(C)c3ccc(F)cc3NP(=O)(O)O)C(F)(F)F)[nH]c2cn1. The number of hydrogen-bond donors (Lipinski definition) is 5. The quantitative estimate of drug-likeness (QED) is 0.191. The molecule has 0 bridgehead atoms. The molecule has 3 rings (SSSR count). The number of hydrogen-bond acceptors (Lipinski definition) is 5. The van der Waals surface area contributed by atoms with Crippen LogP contribution in [0.2, 0.25) is 0 Å². The molecule has 0 aliphatic carbocycles. The van der Waals surface area contributed by atoms with Gasteiger partial charge < -0.3 is 19.9 Å². The van der Waals surface area contributed by atoms with Crippen molar-refractivity contribution in [3.8, 4) is 0 Å². The molecule has 0 saturated heterocycles. The van der Waals surface area contributed by atoms with Crippen molar-refractivity contribution in [2.75, 3.05) is 10.8 Å². The minimum absolute atomic E-state index is 0.0499. The molecule has 9 nitrogen and oxygen atoms in total. The van der Waals surface area contributed by atoms with Gasteiger partial charge in [0.2, 0.25) is 0 Å². The lowest BCUT2D eigenvalue weighted by atomic mass is 9.73. The van der Waals surface area contributed by atoms with Crippen molar-refractivity contribution in [1.82, 2.24) is 9.97 Å². The molecule has 0 fully saturated rings. The van der Waals surface area contributed by atoms with Gasteiger partial charge in [-0.05, 0) is 41.7 Å². The Labute approximate surface area is 210 Å². The maximum absolute atomic E-state index is 14.2. The van der Waals surface area contributed by atoms with E-state index in [0.717, 1.165) is 18.2 Å². The lowest BCUT2D eigenvalue weighted by Gasteiger charge is -2.38. The Morgan fingerprint density at radius 2 is 1.78 bits per heavy atom. The molecular formula is C22H26F4N3O6PS. The molecule has 0 spiro atoms. The van der Waals surface area contributed by atoms with E-state index in [0.29, 0.717) is 0 Å². The van der Waals surface area contributed by atoms with E-state index in [1.54, 1.807) is 0 Å². The van der Waals surface area contributed by atoms with Gasteiger partial charge in [-0.3, -0.25) is 5.09 Å². The van der Waals surface area contributed by atoms with Crippen LogP contribution in [-0.4, -0.2) is 50.8 Å². The van der Waals surface area contributed by atoms with E-state index in [1.807, 2.05) is 5.09 Å². The van der Waals surface area contributed by atoms with Crippen molar-refractivity contribution < 1.29 is 45.4 Å². The topological polar surface area (TPSA) is 153 Å². The number of rotatable bonds is 9. The van der Waals surface area contributed by atoms with Gasteiger partial charge in [0.1, 0.15) is 5.82 Å². The van der Waals surface area contributed by atoms with E-state index in [2.05, 4.69) is 9.97 Å². The number of nitrogens with one attached hydrogen (secondary N) is 2. The van der Waals surface area contributed by atoms with E-state index in [-0.39, 0.29) is 32.9 Å². The van der Waals surface area contributed by atoms with Gasteiger partial charge in [-0.25, -0.2) is 22.4 Å². The van der Waals surface area contributed by atoms with Crippen molar-refractivity contribution >= 4 is 34.2 Å². The van der Waals surface area contributed by atoms with Crippen LogP contribution in [0.4, 0.5) is 23.2 Å². The van der Waals surface area contributed by atoms with Crippen molar-refractivity contribution in [2.24, 2.45) is 0 Å². The third-order valence-corrected chi connectivity index (χ3v) is 8.11. The number of nitrogens with zero attached hydrogens (tertiary/aromatic N) is 1. The van der Waals surface area contributed by atoms with Crippen molar-refractivity contribution in [2.45, 2.75) is 55.8 Å². The predicted molar refractivity (Wildman–Crippen MR) is 128 cm³/mol. The summed E-state index contributed by atoms with van der Waals surface area (Å²) in [6.07, 6.45) is -5.88. The van der Waals surface area contributed by atoms with E-state index in [4.69, 9.17) is 0 Å². The van der Waals surface area contributed by atoms with Crippen LogP contribution in [0, 0.1) is 5.82 Å². The molecule has 0 aliphatic heterocycles. The summed E-state index contributed by atoms with van der Waals surface area (Å²) in [5, 5.41) is 12.8. The number of H-pyrrole nitrogens is 1. The predicted octanol–water partition coefficient (Wildman–Crippen LogP) is 4.20. The number of halogens is 4. The molecule has 0 saturated carbocycles. The minimum atomic E-state index is -5.15. The van der Waals surface area contributed by atoms with Gasteiger partial charge in [-0.2, -0.15) is 13.2 Å². The number of sulfone groups is 1. The van der Waals surface area contributed by atoms with Crippen molar-refractivity contribution in [3.05, 3.63) is 53.6 Å². The Bertz CT molecular complexity index is 1470. The summed E-state index contributed by atoms with van der Waals surface area (Å²) < 4.78 is 92.1. The highest BCUT2D eigenvalue weighted by Gasteiger charge is 2.56. The largest absolute Gasteiger partial charge is 0.427 e. The average Bonchev–Trinajstić information content (AvgIpc) is 3.12. The van der Waals surface area contributed by atoms with Crippen LogP contribution in [0.15, 0.2) is 41.6 Å². The summed E-state index contributed by atoms with van der Waals surface area (Å²) in [7, 11) is -8.59. The second-order valence-corrected chi connectivity index (χ2v) is 13.0. The van der Waals surface area contributed by atoms with Gasteiger partial charge in [-0.15, -0.1) is 0 Å². The number of alkyl halides is 3. The number of aliphatic hydroxyl groups is 1. The third kappa shape index (κ3) is 6.50. The second kappa shape index (κ2) is 9.66. The summed E-state index contributed by atoms with van der Waals surface area (Å²) in [6.45, 7) is 4.06. The smallest absolute Gasteiger partial charge is 0.380 e. The number of benzene rings is 1. The molecule has 204 valence electrons. The highest BCUT2D eigenvalue weighted by Crippen LogP contribution is 2.46. The number of anilines is 1. The molecule has 5 N–H and O–H groups in total. The Balaban J connectivity index is 2.01. The Morgan fingerprint density at radius 1 is 1.14 bits per heavy atom. The molecule has 0 radical (unpaired) electrons. The van der Waals surface area contributed by atoms with Crippen molar-refractivity contribution in [3.63, 3.8) is 0 Å². The third-order valence-electron chi connectivity index (χ3n) is 5.96. The van der Waals surface area contributed by atoms with Crippen molar-refractivity contribution in [1.29, 1.82) is 0 Å². The van der Waals surface area contributed by atoms with E-state index >= 15 is 0 Å². The zero-order valence-electron chi connectivity index (χ0n) is 20.0. The van der Waals surface area contributed by atoms with Gasteiger partial charge >= 0.3 is 13.9 Å². The van der Waals surface area contributed by atoms with Crippen LogP contribution in [0.5, 0.6) is 0 Å². The van der Waals surface area contributed by atoms with E-state index < -0.39 is 59.1 Å². The Morgan fingerprint density at radius 3 is 2.35 bits per heavy atom. The molecule has 3 aromatic rings. The molecule has 1 unspecified atom stereocenters. The first-order chi connectivity index (χ1) is 16.8. The maximum Gasteiger partial charge on any atom is 0.427 e. The standard InChI is InChI=1S/C22H26F4N3O6PS/c1-4-37(34,35)19-8-13-7-15(28-18(13)11-27-19)10-21(30,22(24,25)26)12-20(2,3)16-6-5-14(23)9-17(16)29-36(31,32)33/h5-9,11,28,30H,4,10,12H2,1-3H3,(H3,29,31,32,33). The van der Waals surface area contributed by atoms with Crippen LogP contribution in [0.25, 0.3) is 10.9 Å². The zero-order chi connectivity index (χ0) is 28.0. The van der Waals surface area contributed by atoms with Gasteiger partial charge in [0.25, 0.3) is 0 Å². The normalized spacial score (nSPS) is 15.1. The molecular weight excluding hydrogens is 541 g/mol. The van der Waals surface area contributed by atoms with Gasteiger partial charge in [-0.1, -0.05) is 26.8 Å². The molecule has 2 heterocycles.